The third-order valence-corrected chi connectivity index (χ3v) is 3.38. The Kier molecular flexibility index (Phi) is 4.21. The number of aryl methyl sites for hydroxylation is 1. The van der Waals surface area contributed by atoms with E-state index in [1.54, 1.807) is 4.68 Å². The number of rotatable bonds is 5. The van der Waals surface area contributed by atoms with Gasteiger partial charge in [0.1, 0.15) is 5.82 Å². The summed E-state index contributed by atoms with van der Waals surface area (Å²) < 4.78 is 1.67. The molecule has 1 N–H and O–H groups in total. The second kappa shape index (κ2) is 5.90. The molecule has 0 saturated heterocycles. The summed E-state index contributed by atoms with van der Waals surface area (Å²) in [5, 5.41) is 18.5. The van der Waals surface area contributed by atoms with E-state index in [0.717, 1.165) is 23.4 Å². The van der Waals surface area contributed by atoms with Crippen molar-refractivity contribution in [2.24, 2.45) is 0 Å². The molecule has 0 bridgehead atoms. The first-order valence-electron chi connectivity index (χ1n) is 6.93. The van der Waals surface area contributed by atoms with Crippen molar-refractivity contribution in [1.82, 2.24) is 14.8 Å². The van der Waals surface area contributed by atoms with Gasteiger partial charge in [-0.15, -0.1) is 0 Å². The van der Waals surface area contributed by atoms with Crippen LogP contribution in [0.15, 0.2) is 12.1 Å². The molecule has 0 atom stereocenters. The number of hydrogen-bond donors (Lipinski definition) is 1. The topological polar surface area (TPSA) is 85.9 Å². The van der Waals surface area contributed by atoms with Crippen molar-refractivity contribution in [2.75, 3.05) is 11.9 Å². The van der Waals surface area contributed by atoms with Crippen molar-refractivity contribution < 1.29 is 4.92 Å². The summed E-state index contributed by atoms with van der Waals surface area (Å²) in [5.41, 5.74) is 3.04. The van der Waals surface area contributed by atoms with Crippen LogP contribution in [0.1, 0.15) is 30.8 Å². The standard InChI is InChI=1S/C14H19N5O2/c1-5-12-9(3)17-18(10(12)4)14-8-11(19(20)21)7-13(16-14)15-6-2/h7-8H,5-6H2,1-4H3,(H,15,16). The van der Waals surface area contributed by atoms with E-state index in [1.807, 2.05) is 20.8 Å². The Hall–Kier alpha value is -2.44. The van der Waals surface area contributed by atoms with Gasteiger partial charge in [0.2, 0.25) is 0 Å². The molecule has 0 aliphatic rings. The Morgan fingerprint density at radius 3 is 2.57 bits per heavy atom. The van der Waals surface area contributed by atoms with E-state index < -0.39 is 4.92 Å². The highest BCUT2D eigenvalue weighted by Crippen LogP contribution is 2.23. The SMILES string of the molecule is CCNc1cc([N+](=O)[O-])cc(-n2nc(C)c(CC)c2C)n1. The summed E-state index contributed by atoms with van der Waals surface area (Å²) in [4.78, 5) is 15.1. The maximum absolute atomic E-state index is 11.1. The van der Waals surface area contributed by atoms with Gasteiger partial charge in [0.05, 0.1) is 22.7 Å². The van der Waals surface area contributed by atoms with Gasteiger partial charge >= 0.3 is 0 Å². The van der Waals surface area contributed by atoms with Crippen LogP contribution in [0.5, 0.6) is 0 Å². The van der Waals surface area contributed by atoms with Crippen LogP contribution in [0.4, 0.5) is 11.5 Å². The van der Waals surface area contributed by atoms with E-state index in [2.05, 4.69) is 22.3 Å². The lowest BCUT2D eigenvalue weighted by atomic mass is 10.1. The Labute approximate surface area is 123 Å². The average molecular weight is 289 g/mol. The fourth-order valence-corrected chi connectivity index (χ4v) is 2.40. The maximum Gasteiger partial charge on any atom is 0.276 e. The third-order valence-electron chi connectivity index (χ3n) is 3.38. The smallest absolute Gasteiger partial charge is 0.276 e. The molecule has 0 aromatic carbocycles. The highest BCUT2D eigenvalue weighted by atomic mass is 16.6. The van der Waals surface area contributed by atoms with Crippen LogP contribution in [-0.2, 0) is 6.42 Å². The van der Waals surface area contributed by atoms with Crippen molar-refractivity contribution in [3.8, 4) is 5.82 Å². The Morgan fingerprint density at radius 1 is 1.33 bits per heavy atom. The predicted molar refractivity (Wildman–Crippen MR) is 81.0 cm³/mol. The van der Waals surface area contributed by atoms with Gasteiger partial charge in [-0.05, 0) is 32.8 Å². The molecule has 0 aliphatic heterocycles. The lowest BCUT2D eigenvalue weighted by Crippen LogP contribution is -2.07. The summed E-state index contributed by atoms with van der Waals surface area (Å²) in [6, 6.07) is 2.87. The summed E-state index contributed by atoms with van der Waals surface area (Å²) in [7, 11) is 0. The monoisotopic (exact) mass is 289 g/mol. The van der Waals surface area contributed by atoms with Gasteiger partial charge in [0.25, 0.3) is 5.69 Å². The molecule has 2 aromatic rings. The number of nitrogens with zero attached hydrogens (tertiary/aromatic N) is 4. The van der Waals surface area contributed by atoms with E-state index in [9.17, 15) is 10.1 Å². The quantitative estimate of drug-likeness (QED) is 0.675. The molecule has 2 aromatic heterocycles. The number of nitro groups is 1. The minimum atomic E-state index is -0.418. The highest BCUT2D eigenvalue weighted by Gasteiger charge is 2.16. The zero-order valence-electron chi connectivity index (χ0n) is 12.7. The first kappa shape index (κ1) is 15.0. The van der Waals surface area contributed by atoms with Crippen molar-refractivity contribution in [3.63, 3.8) is 0 Å². The van der Waals surface area contributed by atoms with Crippen molar-refractivity contribution in [2.45, 2.75) is 34.1 Å². The summed E-state index contributed by atoms with van der Waals surface area (Å²) in [6.07, 6.45) is 0.868. The van der Waals surface area contributed by atoms with Gasteiger partial charge in [-0.2, -0.15) is 5.10 Å². The molecule has 7 heteroatoms. The molecular weight excluding hydrogens is 270 g/mol. The van der Waals surface area contributed by atoms with Crippen LogP contribution in [0.25, 0.3) is 5.82 Å². The molecule has 0 saturated carbocycles. The van der Waals surface area contributed by atoms with Crippen molar-refractivity contribution in [1.29, 1.82) is 0 Å². The highest BCUT2D eigenvalue weighted by molar-refractivity contribution is 5.51. The van der Waals surface area contributed by atoms with Crippen LogP contribution in [-0.4, -0.2) is 26.2 Å². The largest absolute Gasteiger partial charge is 0.370 e. The van der Waals surface area contributed by atoms with Crippen molar-refractivity contribution in [3.05, 3.63) is 39.2 Å². The van der Waals surface area contributed by atoms with E-state index in [-0.39, 0.29) is 5.69 Å². The molecule has 2 rings (SSSR count). The molecule has 112 valence electrons. The van der Waals surface area contributed by atoms with Crippen LogP contribution in [0.3, 0.4) is 0 Å². The van der Waals surface area contributed by atoms with Gasteiger partial charge in [-0.25, -0.2) is 9.67 Å². The summed E-state index contributed by atoms with van der Waals surface area (Å²) in [6.45, 7) is 8.51. The van der Waals surface area contributed by atoms with Gasteiger partial charge < -0.3 is 5.32 Å². The summed E-state index contributed by atoms with van der Waals surface area (Å²) >= 11 is 0. The van der Waals surface area contributed by atoms with Gasteiger partial charge in [0.15, 0.2) is 5.82 Å². The lowest BCUT2D eigenvalue weighted by molar-refractivity contribution is -0.384. The van der Waals surface area contributed by atoms with E-state index in [1.165, 1.54) is 12.1 Å². The molecule has 21 heavy (non-hydrogen) atoms. The predicted octanol–water partition coefficient (Wildman–Crippen LogP) is 2.79. The Balaban J connectivity index is 2.60. The molecule has 7 nitrogen and oxygen atoms in total. The number of aromatic nitrogens is 3. The minimum Gasteiger partial charge on any atom is -0.370 e. The Bertz CT molecular complexity index is 678. The van der Waals surface area contributed by atoms with Gasteiger partial charge in [-0.3, -0.25) is 10.1 Å². The lowest BCUT2D eigenvalue weighted by Gasteiger charge is -2.08. The van der Waals surface area contributed by atoms with Crippen LogP contribution >= 0.6 is 0 Å². The molecule has 0 unspecified atom stereocenters. The fourth-order valence-electron chi connectivity index (χ4n) is 2.40. The normalized spacial score (nSPS) is 10.7. The molecule has 0 radical (unpaired) electrons. The molecule has 0 aliphatic carbocycles. The molecular formula is C14H19N5O2. The van der Waals surface area contributed by atoms with Gasteiger partial charge in [-0.1, -0.05) is 6.92 Å². The minimum absolute atomic E-state index is 0.00144. The molecule has 2 heterocycles. The number of nitrogens with one attached hydrogen (secondary N) is 1. The summed E-state index contributed by atoms with van der Waals surface area (Å²) in [5.74, 6) is 0.938. The first-order valence-corrected chi connectivity index (χ1v) is 6.93. The molecule has 0 fully saturated rings. The number of pyridine rings is 1. The Morgan fingerprint density at radius 2 is 2.05 bits per heavy atom. The van der Waals surface area contributed by atoms with Crippen LogP contribution in [0, 0.1) is 24.0 Å². The third kappa shape index (κ3) is 2.86. The molecule has 0 amide bonds. The van der Waals surface area contributed by atoms with E-state index in [4.69, 9.17) is 0 Å². The zero-order valence-corrected chi connectivity index (χ0v) is 12.7. The fraction of sp³-hybridized carbons (Fsp3) is 0.429. The number of anilines is 1. The maximum atomic E-state index is 11.1. The van der Waals surface area contributed by atoms with Crippen LogP contribution < -0.4 is 5.32 Å². The zero-order chi connectivity index (χ0) is 15.6. The average Bonchev–Trinajstić information content (AvgIpc) is 2.73. The molecule has 0 spiro atoms. The van der Waals surface area contributed by atoms with Crippen LogP contribution in [0.2, 0.25) is 0 Å². The van der Waals surface area contributed by atoms with E-state index >= 15 is 0 Å². The first-order chi connectivity index (χ1) is 9.97. The second-order valence-electron chi connectivity index (χ2n) is 4.77. The number of hydrogen-bond acceptors (Lipinski definition) is 5. The van der Waals surface area contributed by atoms with Gasteiger partial charge in [0, 0.05) is 12.2 Å². The second-order valence-corrected chi connectivity index (χ2v) is 4.77. The van der Waals surface area contributed by atoms with Crippen molar-refractivity contribution >= 4 is 11.5 Å². The van der Waals surface area contributed by atoms with E-state index in [0.29, 0.717) is 18.2 Å².